The molecular weight excluding hydrogens is 332 g/mol. The van der Waals surface area contributed by atoms with Crippen molar-refractivity contribution in [1.82, 2.24) is 10.6 Å². The summed E-state index contributed by atoms with van der Waals surface area (Å²) in [5.74, 6) is 0.907. The predicted octanol–water partition coefficient (Wildman–Crippen LogP) is 3.32. The largest absolute Gasteiger partial charge is 0.497 e. The lowest BCUT2D eigenvalue weighted by Gasteiger charge is -2.10. The highest BCUT2D eigenvalue weighted by molar-refractivity contribution is 7.10. The zero-order valence-electron chi connectivity index (χ0n) is 13.6. The van der Waals surface area contributed by atoms with Gasteiger partial charge in [0.25, 0.3) is 0 Å². The normalized spacial score (nSPS) is 11.4. The molecule has 0 spiro atoms. The number of thiophene rings is 1. The van der Waals surface area contributed by atoms with Crippen LogP contribution in [0.4, 0.5) is 0 Å². The van der Waals surface area contributed by atoms with Gasteiger partial charge in [-0.1, -0.05) is 19.1 Å². The molecule has 0 fully saturated rings. The number of benzene rings is 1. The number of carbonyl (C=O) groups is 1. The molecule has 0 aliphatic rings. The summed E-state index contributed by atoms with van der Waals surface area (Å²) in [6.07, 6.45) is 0. The van der Waals surface area contributed by atoms with Crippen molar-refractivity contribution in [2.75, 3.05) is 20.7 Å². The molecule has 0 radical (unpaired) electrons. The van der Waals surface area contributed by atoms with E-state index in [0.29, 0.717) is 13.1 Å². The van der Waals surface area contributed by atoms with Crippen LogP contribution in [0.25, 0.3) is 11.1 Å². The van der Waals surface area contributed by atoms with Crippen LogP contribution in [0.3, 0.4) is 0 Å². The number of carbonyl (C=O) groups excluding carboxylic acids is 1. The van der Waals surface area contributed by atoms with Crippen molar-refractivity contribution in [3.8, 4) is 16.9 Å². The highest BCUT2D eigenvalue weighted by Gasteiger charge is 2.11. The van der Waals surface area contributed by atoms with E-state index in [9.17, 15) is 4.79 Å². The van der Waals surface area contributed by atoms with Crippen LogP contribution in [0.15, 0.2) is 35.7 Å². The lowest BCUT2D eigenvalue weighted by atomic mass is 10.1. The second-order valence-corrected chi connectivity index (χ2v) is 6.20. The summed E-state index contributed by atoms with van der Waals surface area (Å²) in [6.45, 7) is 3.18. The Morgan fingerprint density at radius 2 is 1.96 bits per heavy atom. The van der Waals surface area contributed by atoms with Gasteiger partial charge in [-0.3, -0.25) is 4.79 Å². The van der Waals surface area contributed by atoms with Crippen LogP contribution >= 0.6 is 23.7 Å². The van der Waals surface area contributed by atoms with Gasteiger partial charge < -0.3 is 15.4 Å². The third-order valence-corrected chi connectivity index (χ3v) is 4.41. The Kier molecular flexibility index (Phi) is 8.09. The Bertz CT molecular complexity index is 613. The molecule has 1 atom stereocenters. The maximum absolute atomic E-state index is 11.9. The molecule has 2 rings (SSSR count). The minimum Gasteiger partial charge on any atom is -0.497 e. The summed E-state index contributed by atoms with van der Waals surface area (Å²) >= 11 is 1.66. The molecule has 4 nitrogen and oxygen atoms in total. The van der Waals surface area contributed by atoms with Gasteiger partial charge in [0.15, 0.2) is 0 Å². The topological polar surface area (TPSA) is 50.4 Å². The van der Waals surface area contributed by atoms with Crippen LogP contribution in [0.5, 0.6) is 5.75 Å². The monoisotopic (exact) mass is 354 g/mol. The molecule has 0 saturated carbocycles. The third-order valence-electron chi connectivity index (χ3n) is 3.47. The molecule has 1 unspecified atom stereocenters. The highest BCUT2D eigenvalue weighted by atomic mass is 35.5. The fourth-order valence-corrected chi connectivity index (χ4v) is 2.99. The Labute approximate surface area is 147 Å². The standard InChI is InChI=1S/C17H22N2O2S.ClH/c1-12(9-18-2)17(20)19-10-16-8-14(11-22-16)13-4-6-15(21-3)7-5-13;/h4-8,11-12,18H,9-10H2,1-3H3,(H,19,20);1H. The number of amides is 1. The fraction of sp³-hybridized carbons (Fsp3) is 0.353. The summed E-state index contributed by atoms with van der Waals surface area (Å²) in [5.41, 5.74) is 2.32. The molecule has 1 amide bonds. The molecular formula is C17H23ClN2O2S. The molecule has 1 aromatic carbocycles. The van der Waals surface area contributed by atoms with Crippen LogP contribution in [0.2, 0.25) is 0 Å². The summed E-state index contributed by atoms with van der Waals surface area (Å²) in [4.78, 5) is 13.0. The average Bonchev–Trinajstić information content (AvgIpc) is 3.02. The third kappa shape index (κ3) is 5.53. The van der Waals surface area contributed by atoms with Gasteiger partial charge in [0.05, 0.1) is 13.7 Å². The Morgan fingerprint density at radius 1 is 1.26 bits per heavy atom. The van der Waals surface area contributed by atoms with Crippen LogP contribution in [0, 0.1) is 5.92 Å². The average molecular weight is 355 g/mol. The number of ether oxygens (including phenoxy) is 1. The van der Waals surface area contributed by atoms with Crippen molar-refractivity contribution in [3.05, 3.63) is 40.6 Å². The van der Waals surface area contributed by atoms with E-state index >= 15 is 0 Å². The zero-order valence-corrected chi connectivity index (χ0v) is 15.2. The van der Waals surface area contributed by atoms with E-state index in [0.717, 1.165) is 16.2 Å². The number of hydrogen-bond donors (Lipinski definition) is 2. The maximum Gasteiger partial charge on any atom is 0.224 e. The van der Waals surface area contributed by atoms with E-state index in [1.807, 2.05) is 38.2 Å². The highest BCUT2D eigenvalue weighted by Crippen LogP contribution is 2.27. The molecule has 0 bridgehead atoms. The fourth-order valence-electron chi connectivity index (χ4n) is 2.16. The van der Waals surface area contributed by atoms with E-state index in [4.69, 9.17) is 4.74 Å². The Morgan fingerprint density at radius 3 is 2.57 bits per heavy atom. The van der Waals surface area contributed by atoms with Gasteiger partial charge in [-0.05, 0) is 41.8 Å². The van der Waals surface area contributed by atoms with Crippen molar-refractivity contribution in [2.45, 2.75) is 13.5 Å². The molecule has 126 valence electrons. The first-order chi connectivity index (χ1) is 10.6. The maximum atomic E-state index is 11.9. The lowest BCUT2D eigenvalue weighted by Crippen LogP contribution is -2.33. The molecule has 2 N–H and O–H groups in total. The zero-order chi connectivity index (χ0) is 15.9. The van der Waals surface area contributed by atoms with Gasteiger partial charge in [-0.25, -0.2) is 0 Å². The second-order valence-electron chi connectivity index (χ2n) is 5.21. The smallest absolute Gasteiger partial charge is 0.224 e. The molecule has 0 aliphatic heterocycles. The molecule has 6 heteroatoms. The van der Waals surface area contributed by atoms with E-state index in [2.05, 4.69) is 22.1 Å². The van der Waals surface area contributed by atoms with Crippen molar-refractivity contribution in [2.24, 2.45) is 5.92 Å². The van der Waals surface area contributed by atoms with E-state index in [1.165, 1.54) is 5.56 Å². The number of rotatable bonds is 7. The van der Waals surface area contributed by atoms with E-state index in [-0.39, 0.29) is 24.2 Å². The van der Waals surface area contributed by atoms with E-state index < -0.39 is 0 Å². The van der Waals surface area contributed by atoms with Crippen LogP contribution in [0.1, 0.15) is 11.8 Å². The van der Waals surface area contributed by atoms with Gasteiger partial charge in [0.1, 0.15) is 5.75 Å². The number of halogens is 1. The van der Waals surface area contributed by atoms with E-state index in [1.54, 1.807) is 18.4 Å². The van der Waals surface area contributed by atoms with Crippen LogP contribution in [-0.2, 0) is 11.3 Å². The van der Waals surface area contributed by atoms with Gasteiger partial charge in [-0.15, -0.1) is 23.7 Å². The molecule has 1 aromatic heterocycles. The van der Waals surface area contributed by atoms with Crippen molar-refractivity contribution < 1.29 is 9.53 Å². The van der Waals surface area contributed by atoms with Crippen molar-refractivity contribution in [1.29, 1.82) is 0 Å². The summed E-state index contributed by atoms with van der Waals surface area (Å²) in [5, 5.41) is 8.10. The molecule has 1 heterocycles. The number of hydrogen-bond acceptors (Lipinski definition) is 4. The van der Waals surface area contributed by atoms with Crippen molar-refractivity contribution in [3.63, 3.8) is 0 Å². The summed E-state index contributed by atoms with van der Waals surface area (Å²) < 4.78 is 5.17. The first-order valence-electron chi connectivity index (χ1n) is 7.28. The minimum atomic E-state index is -0.0222. The predicted molar refractivity (Wildman–Crippen MR) is 98.5 cm³/mol. The van der Waals surface area contributed by atoms with Crippen molar-refractivity contribution >= 4 is 29.7 Å². The number of methoxy groups -OCH3 is 1. The summed E-state index contributed by atoms with van der Waals surface area (Å²) in [7, 11) is 3.51. The first kappa shape index (κ1) is 19.5. The van der Waals surface area contributed by atoms with Gasteiger partial charge in [-0.2, -0.15) is 0 Å². The van der Waals surface area contributed by atoms with Crippen LogP contribution < -0.4 is 15.4 Å². The Hall–Kier alpha value is -1.56. The molecule has 0 saturated heterocycles. The molecule has 23 heavy (non-hydrogen) atoms. The first-order valence-corrected chi connectivity index (χ1v) is 8.16. The SMILES string of the molecule is CNCC(C)C(=O)NCc1cc(-c2ccc(OC)cc2)cs1.Cl. The van der Waals surface area contributed by atoms with Crippen LogP contribution in [-0.4, -0.2) is 26.6 Å². The molecule has 0 aliphatic carbocycles. The lowest BCUT2D eigenvalue weighted by molar-refractivity contribution is -0.124. The minimum absolute atomic E-state index is 0. The summed E-state index contributed by atoms with van der Waals surface area (Å²) in [6, 6.07) is 10.1. The van der Waals surface area contributed by atoms with Gasteiger partial charge in [0, 0.05) is 17.3 Å². The quantitative estimate of drug-likeness (QED) is 0.802. The Balaban J connectivity index is 0.00000264. The molecule has 2 aromatic rings. The van der Waals surface area contributed by atoms with Gasteiger partial charge in [0.2, 0.25) is 5.91 Å². The van der Waals surface area contributed by atoms with Gasteiger partial charge >= 0.3 is 0 Å². The second kappa shape index (κ2) is 9.55. The number of nitrogens with one attached hydrogen (secondary N) is 2.